The van der Waals surface area contributed by atoms with Gasteiger partial charge in [-0.3, -0.25) is 4.79 Å². The first-order valence-corrected chi connectivity index (χ1v) is 6.51. The van der Waals surface area contributed by atoms with Crippen LogP contribution in [0.15, 0.2) is 22.7 Å². The first kappa shape index (κ1) is 12.7. The van der Waals surface area contributed by atoms with Crippen LogP contribution in [0.5, 0.6) is 0 Å². The number of carbonyl (C=O) groups excluding carboxylic acids is 1. The van der Waals surface area contributed by atoms with Crippen molar-refractivity contribution in [2.24, 2.45) is 0 Å². The summed E-state index contributed by atoms with van der Waals surface area (Å²) in [6.07, 6.45) is 2.92. The van der Waals surface area contributed by atoms with Crippen molar-refractivity contribution < 1.29 is 13.9 Å². The predicted molar refractivity (Wildman–Crippen MR) is 66.4 cm³/mol. The number of Topliss-reactive ketones (excluding diaryl/α,β-unsaturated/α-hetero) is 1. The second-order valence-electron chi connectivity index (χ2n) is 4.30. The maximum absolute atomic E-state index is 13.0. The standard InChI is InChI=1S/C13H14BrFO2/c14-12-7-9(3-4-13(12)15)6-10(16)8-11-2-1-5-17-11/h3-4,7,11H,1-2,5-6,8H2. The number of halogens is 2. The summed E-state index contributed by atoms with van der Waals surface area (Å²) in [5.41, 5.74) is 0.835. The number of rotatable bonds is 4. The Kier molecular flexibility index (Phi) is 4.29. The topological polar surface area (TPSA) is 26.3 Å². The molecule has 0 saturated carbocycles. The summed E-state index contributed by atoms with van der Waals surface area (Å²) in [6.45, 7) is 0.764. The Morgan fingerprint density at radius 2 is 2.35 bits per heavy atom. The lowest BCUT2D eigenvalue weighted by molar-refractivity contribution is -0.120. The van der Waals surface area contributed by atoms with Gasteiger partial charge in [0.2, 0.25) is 0 Å². The van der Waals surface area contributed by atoms with Crippen molar-refractivity contribution in [1.82, 2.24) is 0 Å². The summed E-state index contributed by atoms with van der Waals surface area (Å²) in [4.78, 5) is 11.8. The zero-order valence-corrected chi connectivity index (χ0v) is 11.0. The Morgan fingerprint density at radius 1 is 1.53 bits per heavy atom. The van der Waals surface area contributed by atoms with Crippen LogP contribution in [0.2, 0.25) is 0 Å². The Labute approximate surface area is 108 Å². The van der Waals surface area contributed by atoms with E-state index in [1.54, 1.807) is 12.1 Å². The van der Waals surface area contributed by atoms with Crippen molar-refractivity contribution in [2.75, 3.05) is 6.61 Å². The number of hydrogen-bond donors (Lipinski definition) is 0. The Balaban J connectivity index is 1.90. The third-order valence-electron chi connectivity index (χ3n) is 2.86. The molecule has 2 nitrogen and oxygen atoms in total. The lowest BCUT2D eigenvalue weighted by Crippen LogP contribution is -2.14. The van der Waals surface area contributed by atoms with E-state index in [4.69, 9.17) is 4.74 Å². The van der Waals surface area contributed by atoms with Gasteiger partial charge < -0.3 is 4.74 Å². The monoisotopic (exact) mass is 300 g/mol. The molecule has 0 spiro atoms. The number of ketones is 1. The maximum atomic E-state index is 13.0. The van der Waals surface area contributed by atoms with E-state index in [0.29, 0.717) is 17.3 Å². The molecule has 1 aromatic rings. The number of ether oxygens (including phenoxy) is 1. The molecule has 92 valence electrons. The summed E-state index contributed by atoms with van der Waals surface area (Å²) < 4.78 is 18.8. The van der Waals surface area contributed by atoms with Gasteiger partial charge in [-0.15, -0.1) is 0 Å². The molecular formula is C13H14BrFO2. The molecule has 17 heavy (non-hydrogen) atoms. The molecule has 0 N–H and O–H groups in total. The molecule has 4 heteroatoms. The van der Waals surface area contributed by atoms with Crippen molar-refractivity contribution in [3.8, 4) is 0 Å². The highest BCUT2D eigenvalue weighted by Gasteiger charge is 2.19. The maximum Gasteiger partial charge on any atom is 0.139 e. The van der Waals surface area contributed by atoms with Gasteiger partial charge in [-0.05, 0) is 46.5 Å². The van der Waals surface area contributed by atoms with Crippen LogP contribution in [0.25, 0.3) is 0 Å². The molecule has 0 aliphatic carbocycles. The van der Waals surface area contributed by atoms with Gasteiger partial charge in [0, 0.05) is 19.4 Å². The van der Waals surface area contributed by atoms with E-state index in [0.717, 1.165) is 25.0 Å². The summed E-state index contributed by atoms with van der Waals surface area (Å²) in [5.74, 6) is -0.157. The van der Waals surface area contributed by atoms with Gasteiger partial charge in [0.25, 0.3) is 0 Å². The minimum Gasteiger partial charge on any atom is -0.378 e. The number of benzene rings is 1. The van der Waals surface area contributed by atoms with Gasteiger partial charge in [0.15, 0.2) is 0 Å². The average molecular weight is 301 g/mol. The molecule has 0 amide bonds. The fourth-order valence-electron chi connectivity index (χ4n) is 2.01. The van der Waals surface area contributed by atoms with Gasteiger partial charge in [-0.1, -0.05) is 6.07 Å². The lowest BCUT2D eigenvalue weighted by atomic mass is 10.0. The van der Waals surface area contributed by atoms with Crippen LogP contribution >= 0.6 is 15.9 Å². The third-order valence-corrected chi connectivity index (χ3v) is 3.47. The second kappa shape index (κ2) is 5.74. The highest BCUT2D eigenvalue weighted by atomic mass is 79.9. The van der Waals surface area contributed by atoms with Crippen LogP contribution in [0.1, 0.15) is 24.8 Å². The summed E-state index contributed by atoms with van der Waals surface area (Å²) in [7, 11) is 0. The predicted octanol–water partition coefficient (Wildman–Crippen LogP) is 3.27. The van der Waals surface area contributed by atoms with Crippen molar-refractivity contribution >= 4 is 21.7 Å². The Bertz CT molecular complexity index is 414. The van der Waals surface area contributed by atoms with Crippen LogP contribution < -0.4 is 0 Å². The molecule has 1 unspecified atom stereocenters. The van der Waals surface area contributed by atoms with E-state index in [2.05, 4.69) is 15.9 Å². The Morgan fingerprint density at radius 3 is 3.00 bits per heavy atom. The van der Waals surface area contributed by atoms with Crippen molar-refractivity contribution in [2.45, 2.75) is 31.8 Å². The molecule has 0 aromatic heterocycles. The zero-order valence-electron chi connectivity index (χ0n) is 9.42. The molecule has 0 bridgehead atoms. The van der Waals surface area contributed by atoms with Crippen LogP contribution in [0, 0.1) is 5.82 Å². The summed E-state index contributed by atoms with van der Waals surface area (Å²) in [6, 6.07) is 4.68. The minimum absolute atomic E-state index is 0.0892. The smallest absolute Gasteiger partial charge is 0.139 e. The van der Waals surface area contributed by atoms with E-state index in [1.807, 2.05) is 0 Å². The van der Waals surface area contributed by atoms with E-state index in [9.17, 15) is 9.18 Å². The van der Waals surface area contributed by atoms with E-state index in [1.165, 1.54) is 6.07 Å². The van der Waals surface area contributed by atoms with Gasteiger partial charge >= 0.3 is 0 Å². The molecule has 1 heterocycles. The molecule has 1 aliphatic rings. The van der Waals surface area contributed by atoms with Crippen molar-refractivity contribution in [3.63, 3.8) is 0 Å². The SMILES string of the molecule is O=C(Cc1ccc(F)c(Br)c1)CC1CCCO1. The number of carbonyl (C=O) groups is 1. The van der Waals surface area contributed by atoms with Crippen molar-refractivity contribution in [3.05, 3.63) is 34.1 Å². The normalized spacial score (nSPS) is 19.5. The van der Waals surface area contributed by atoms with Crippen LogP contribution in [0.3, 0.4) is 0 Å². The van der Waals surface area contributed by atoms with Gasteiger partial charge in [0.05, 0.1) is 10.6 Å². The molecular weight excluding hydrogens is 287 g/mol. The number of hydrogen-bond acceptors (Lipinski definition) is 2. The van der Waals surface area contributed by atoms with E-state index < -0.39 is 0 Å². The van der Waals surface area contributed by atoms with Crippen LogP contribution in [-0.4, -0.2) is 18.5 Å². The summed E-state index contributed by atoms with van der Waals surface area (Å²) >= 11 is 3.11. The average Bonchev–Trinajstić information content (AvgIpc) is 2.76. The molecule has 1 aliphatic heterocycles. The molecule has 1 fully saturated rings. The fraction of sp³-hybridized carbons (Fsp3) is 0.462. The summed E-state index contributed by atoms with van der Waals surface area (Å²) in [5, 5.41) is 0. The Hall–Kier alpha value is -0.740. The van der Waals surface area contributed by atoms with Gasteiger partial charge in [0.1, 0.15) is 11.6 Å². The largest absolute Gasteiger partial charge is 0.378 e. The molecule has 0 radical (unpaired) electrons. The third kappa shape index (κ3) is 3.61. The van der Waals surface area contributed by atoms with Crippen molar-refractivity contribution in [1.29, 1.82) is 0 Å². The highest BCUT2D eigenvalue weighted by molar-refractivity contribution is 9.10. The fourth-order valence-corrected chi connectivity index (χ4v) is 2.43. The van der Waals surface area contributed by atoms with Crippen LogP contribution in [-0.2, 0) is 16.0 Å². The molecule has 1 aromatic carbocycles. The lowest BCUT2D eigenvalue weighted by Gasteiger charge is -2.08. The van der Waals surface area contributed by atoms with Gasteiger partial charge in [-0.2, -0.15) is 0 Å². The van der Waals surface area contributed by atoms with E-state index in [-0.39, 0.29) is 17.7 Å². The quantitative estimate of drug-likeness (QED) is 0.853. The molecule has 1 saturated heterocycles. The van der Waals surface area contributed by atoms with Gasteiger partial charge in [-0.25, -0.2) is 4.39 Å². The van der Waals surface area contributed by atoms with E-state index >= 15 is 0 Å². The first-order valence-electron chi connectivity index (χ1n) is 5.72. The van der Waals surface area contributed by atoms with Crippen LogP contribution in [0.4, 0.5) is 4.39 Å². The zero-order chi connectivity index (χ0) is 12.3. The minimum atomic E-state index is -0.305. The highest BCUT2D eigenvalue weighted by Crippen LogP contribution is 2.19. The first-order chi connectivity index (χ1) is 8.15. The second-order valence-corrected chi connectivity index (χ2v) is 5.16. The molecule has 1 atom stereocenters. The molecule has 2 rings (SSSR count).